The van der Waals surface area contributed by atoms with Gasteiger partial charge in [0.25, 0.3) is 0 Å². The zero-order valence-corrected chi connectivity index (χ0v) is 11.8. The quantitative estimate of drug-likeness (QED) is 0.662. The van der Waals surface area contributed by atoms with Crippen molar-refractivity contribution in [3.63, 3.8) is 0 Å². The van der Waals surface area contributed by atoms with E-state index in [1.54, 1.807) is 7.11 Å². The van der Waals surface area contributed by atoms with Crippen molar-refractivity contribution in [3.05, 3.63) is 35.9 Å². The normalized spacial score (nSPS) is 12.1. The number of ether oxygens (including phenoxy) is 1. The van der Waals surface area contributed by atoms with Gasteiger partial charge in [-0.2, -0.15) is 0 Å². The Bertz CT molecular complexity index is 354. The molecule has 1 atom stereocenters. The predicted molar refractivity (Wildman–Crippen MR) is 77.1 cm³/mol. The first-order valence-corrected chi connectivity index (χ1v) is 6.79. The van der Waals surface area contributed by atoms with Gasteiger partial charge >= 0.3 is 0 Å². The first-order chi connectivity index (χ1) is 9.26. The summed E-state index contributed by atoms with van der Waals surface area (Å²) in [5, 5.41) is 6.09. The Hall–Kier alpha value is -1.39. The standard InChI is InChI=1S/C15H24N2O2/c1-3-14(11-13-7-5-4-6-8-13)17-15(18)12-16-9-10-19-2/h4-8,14,16H,3,9-12H2,1-2H3,(H,17,18). The maximum absolute atomic E-state index is 11.8. The van der Waals surface area contributed by atoms with E-state index in [0.717, 1.165) is 12.8 Å². The fourth-order valence-electron chi connectivity index (χ4n) is 1.85. The zero-order chi connectivity index (χ0) is 13.9. The van der Waals surface area contributed by atoms with E-state index in [1.165, 1.54) is 5.56 Å². The number of hydrogen-bond acceptors (Lipinski definition) is 3. The van der Waals surface area contributed by atoms with Crippen molar-refractivity contribution >= 4 is 5.91 Å². The topological polar surface area (TPSA) is 50.4 Å². The van der Waals surface area contributed by atoms with E-state index in [0.29, 0.717) is 19.7 Å². The summed E-state index contributed by atoms with van der Waals surface area (Å²) in [6.07, 6.45) is 1.81. The van der Waals surface area contributed by atoms with Gasteiger partial charge in [0.1, 0.15) is 0 Å². The van der Waals surface area contributed by atoms with Crippen LogP contribution in [0.3, 0.4) is 0 Å². The number of rotatable bonds is 9. The average molecular weight is 264 g/mol. The summed E-state index contributed by atoms with van der Waals surface area (Å²) in [6.45, 7) is 3.74. The minimum atomic E-state index is 0.0406. The fourth-order valence-corrected chi connectivity index (χ4v) is 1.85. The zero-order valence-electron chi connectivity index (χ0n) is 11.8. The van der Waals surface area contributed by atoms with E-state index in [9.17, 15) is 4.79 Å². The third-order valence-corrected chi connectivity index (χ3v) is 2.95. The number of amides is 1. The van der Waals surface area contributed by atoms with Crippen LogP contribution in [0.15, 0.2) is 30.3 Å². The molecule has 0 aliphatic heterocycles. The number of nitrogens with one attached hydrogen (secondary N) is 2. The van der Waals surface area contributed by atoms with Crippen molar-refractivity contribution in [3.8, 4) is 0 Å². The third-order valence-electron chi connectivity index (χ3n) is 2.95. The van der Waals surface area contributed by atoms with Crippen molar-refractivity contribution < 1.29 is 9.53 Å². The lowest BCUT2D eigenvalue weighted by atomic mass is 10.0. The van der Waals surface area contributed by atoms with Gasteiger partial charge < -0.3 is 15.4 Å². The van der Waals surface area contributed by atoms with Crippen LogP contribution in [0.25, 0.3) is 0 Å². The molecule has 2 N–H and O–H groups in total. The number of carbonyl (C=O) groups is 1. The Morgan fingerprint density at radius 2 is 2.05 bits per heavy atom. The second-order valence-corrected chi connectivity index (χ2v) is 4.53. The molecule has 1 aromatic carbocycles. The van der Waals surface area contributed by atoms with Gasteiger partial charge in [0.05, 0.1) is 13.2 Å². The molecular weight excluding hydrogens is 240 g/mol. The van der Waals surface area contributed by atoms with Gasteiger partial charge in [0.2, 0.25) is 5.91 Å². The van der Waals surface area contributed by atoms with Gasteiger partial charge in [-0.3, -0.25) is 4.79 Å². The van der Waals surface area contributed by atoms with Gasteiger partial charge in [0.15, 0.2) is 0 Å². The molecule has 0 bridgehead atoms. The molecule has 4 heteroatoms. The molecule has 0 aromatic heterocycles. The first-order valence-electron chi connectivity index (χ1n) is 6.79. The SMILES string of the molecule is CCC(Cc1ccccc1)NC(=O)CNCCOC. The summed E-state index contributed by atoms with van der Waals surface area (Å²) in [6, 6.07) is 10.4. The minimum Gasteiger partial charge on any atom is -0.383 e. The fraction of sp³-hybridized carbons (Fsp3) is 0.533. The van der Waals surface area contributed by atoms with E-state index in [-0.39, 0.29) is 11.9 Å². The molecule has 0 aliphatic rings. The van der Waals surface area contributed by atoms with E-state index in [2.05, 4.69) is 29.7 Å². The maximum atomic E-state index is 11.8. The molecule has 0 radical (unpaired) electrons. The summed E-state index contributed by atoms with van der Waals surface area (Å²) >= 11 is 0. The molecule has 0 saturated heterocycles. The number of hydrogen-bond donors (Lipinski definition) is 2. The molecule has 0 aliphatic carbocycles. The van der Waals surface area contributed by atoms with Crippen molar-refractivity contribution in [2.75, 3.05) is 26.8 Å². The monoisotopic (exact) mass is 264 g/mol. The Balaban J connectivity index is 2.29. The van der Waals surface area contributed by atoms with Crippen LogP contribution in [0.1, 0.15) is 18.9 Å². The van der Waals surface area contributed by atoms with Gasteiger partial charge in [-0.15, -0.1) is 0 Å². The highest BCUT2D eigenvalue weighted by Gasteiger charge is 2.10. The van der Waals surface area contributed by atoms with Crippen molar-refractivity contribution in [1.29, 1.82) is 0 Å². The molecule has 0 spiro atoms. The molecule has 0 fully saturated rings. The highest BCUT2D eigenvalue weighted by atomic mass is 16.5. The molecule has 0 saturated carbocycles. The average Bonchev–Trinajstić information content (AvgIpc) is 2.44. The second kappa shape index (κ2) is 9.53. The third kappa shape index (κ3) is 6.94. The van der Waals surface area contributed by atoms with Gasteiger partial charge in [-0.25, -0.2) is 0 Å². The smallest absolute Gasteiger partial charge is 0.234 e. The van der Waals surface area contributed by atoms with Crippen molar-refractivity contribution in [2.45, 2.75) is 25.8 Å². The molecule has 106 valence electrons. The van der Waals surface area contributed by atoms with Gasteiger partial charge in [-0.1, -0.05) is 37.3 Å². The molecule has 1 aromatic rings. The maximum Gasteiger partial charge on any atom is 0.234 e. The Labute approximate surface area is 115 Å². The highest BCUT2D eigenvalue weighted by Crippen LogP contribution is 2.05. The summed E-state index contributed by atoms with van der Waals surface area (Å²) in [5.74, 6) is 0.0406. The molecule has 1 amide bonds. The largest absolute Gasteiger partial charge is 0.383 e. The minimum absolute atomic E-state index is 0.0406. The number of methoxy groups -OCH3 is 1. The lowest BCUT2D eigenvalue weighted by Crippen LogP contribution is -2.41. The van der Waals surface area contributed by atoms with Crippen LogP contribution in [-0.4, -0.2) is 38.8 Å². The van der Waals surface area contributed by atoms with Crippen molar-refractivity contribution in [2.24, 2.45) is 0 Å². The Kier molecular flexibility index (Phi) is 7.86. The van der Waals surface area contributed by atoms with Crippen LogP contribution in [0, 0.1) is 0 Å². The summed E-state index contributed by atoms with van der Waals surface area (Å²) in [5.41, 5.74) is 1.25. The lowest BCUT2D eigenvalue weighted by Gasteiger charge is -2.17. The van der Waals surface area contributed by atoms with E-state index < -0.39 is 0 Å². The van der Waals surface area contributed by atoms with Crippen molar-refractivity contribution in [1.82, 2.24) is 10.6 Å². The Morgan fingerprint density at radius 3 is 2.68 bits per heavy atom. The Morgan fingerprint density at radius 1 is 1.32 bits per heavy atom. The highest BCUT2D eigenvalue weighted by molar-refractivity contribution is 5.78. The predicted octanol–water partition coefficient (Wildman–Crippen LogP) is 1.36. The van der Waals surface area contributed by atoms with Crippen LogP contribution in [0.5, 0.6) is 0 Å². The summed E-state index contributed by atoms with van der Waals surface area (Å²) in [4.78, 5) is 11.8. The first kappa shape index (κ1) is 15.7. The van der Waals surface area contributed by atoms with Crippen LogP contribution in [0.2, 0.25) is 0 Å². The molecule has 19 heavy (non-hydrogen) atoms. The second-order valence-electron chi connectivity index (χ2n) is 4.53. The number of benzene rings is 1. The van der Waals surface area contributed by atoms with Crippen LogP contribution < -0.4 is 10.6 Å². The molecule has 1 rings (SSSR count). The lowest BCUT2D eigenvalue weighted by molar-refractivity contribution is -0.121. The molecule has 4 nitrogen and oxygen atoms in total. The van der Waals surface area contributed by atoms with Crippen LogP contribution in [-0.2, 0) is 16.0 Å². The van der Waals surface area contributed by atoms with Gasteiger partial charge in [0, 0.05) is 19.7 Å². The van der Waals surface area contributed by atoms with E-state index >= 15 is 0 Å². The molecular formula is C15H24N2O2. The molecule has 1 unspecified atom stereocenters. The summed E-state index contributed by atoms with van der Waals surface area (Å²) < 4.78 is 4.91. The van der Waals surface area contributed by atoms with Crippen LogP contribution in [0.4, 0.5) is 0 Å². The van der Waals surface area contributed by atoms with Gasteiger partial charge in [-0.05, 0) is 18.4 Å². The van der Waals surface area contributed by atoms with Crippen LogP contribution >= 0.6 is 0 Å². The molecule has 0 heterocycles. The van der Waals surface area contributed by atoms with E-state index in [1.807, 2.05) is 18.2 Å². The summed E-state index contributed by atoms with van der Waals surface area (Å²) in [7, 11) is 1.65. The van der Waals surface area contributed by atoms with E-state index in [4.69, 9.17) is 4.74 Å². The number of carbonyl (C=O) groups excluding carboxylic acids is 1.